The lowest BCUT2D eigenvalue weighted by Gasteiger charge is -2.21. The molecule has 1 aromatic heterocycles. The molecule has 0 radical (unpaired) electrons. The molecule has 0 bridgehead atoms. The Kier molecular flexibility index (Phi) is 3.59. The number of aryl methyl sites for hydroxylation is 1. The van der Waals surface area contributed by atoms with Gasteiger partial charge in [-0.2, -0.15) is 0 Å². The van der Waals surface area contributed by atoms with Crippen molar-refractivity contribution in [3.8, 4) is 0 Å². The Morgan fingerprint density at radius 3 is 2.67 bits per heavy atom. The van der Waals surface area contributed by atoms with E-state index in [1.807, 2.05) is 13.8 Å². The van der Waals surface area contributed by atoms with Crippen LogP contribution in [0.2, 0.25) is 0 Å². The number of carbonyl (C=O) groups is 1. The van der Waals surface area contributed by atoms with Gasteiger partial charge in [-0.3, -0.25) is 4.79 Å². The molecule has 7 heteroatoms. The smallest absolute Gasteiger partial charge is 0.323 e. The summed E-state index contributed by atoms with van der Waals surface area (Å²) in [6.07, 6.45) is 0. The van der Waals surface area contributed by atoms with E-state index in [0.717, 1.165) is 0 Å². The molecule has 0 aliphatic heterocycles. The van der Waals surface area contributed by atoms with Crippen molar-refractivity contribution in [1.29, 1.82) is 0 Å². The molecular formula is C8H15N5O2. The topological polar surface area (TPSA) is 84.1 Å². The van der Waals surface area contributed by atoms with Gasteiger partial charge in [-0.1, -0.05) is 18.9 Å². The summed E-state index contributed by atoms with van der Waals surface area (Å²) in [6.45, 7) is 4.55. The summed E-state index contributed by atoms with van der Waals surface area (Å²) in [7, 11) is 1.69. The van der Waals surface area contributed by atoms with Crippen molar-refractivity contribution in [2.75, 3.05) is 18.0 Å². The molecule has 1 heterocycles. The molecule has 0 saturated heterocycles. The summed E-state index contributed by atoms with van der Waals surface area (Å²) in [5, 5.41) is 19.7. The Morgan fingerprint density at radius 2 is 2.27 bits per heavy atom. The van der Waals surface area contributed by atoms with Crippen LogP contribution in [0.5, 0.6) is 0 Å². The zero-order valence-corrected chi connectivity index (χ0v) is 9.08. The van der Waals surface area contributed by atoms with Crippen LogP contribution in [-0.2, 0) is 11.8 Å². The van der Waals surface area contributed by atoms with Gasteiger partial charge in [-0.15, -0.1) is 0 Å². The molecule has 0 aliphatic carbocycles. The monoisotopic (exact) mass is 213 g/mol. The molecule has 0 fully saturated rings. The molecule has 0 spiro atoms. The van der Waals surface area contributed by atoms with Crippen LogP contribution >= 0.6 is 0 Å². The molecule has 1 rings (SSSR count). The van der Waals surface area contributed by atoms with Crippen LogP contribution in [0.4, 0.5) is 5.95 Å². The first kappa shape index (κ1) is 11.4. The maximum Gasteiger partial charge on any atom is 0.323 e. The second kappa shape index (κ2) is 4.72. The van der Waals surface area contributed by atoms with Gasteiger partial charge in [-0.05, 0) is 16.3 Å². The van der Waals surface area contributed by atoms with E-state index in [-0.39, 0.29) is 6.54 Å². The van der Waals surface area contributed by atoms with Crippen LogP contribution in [0, 0.1) is 5.92 Å². The van der Waals surface area contributed by atoms with E-state index in [2.05, 4.69) is 15.5 Å². The predicted molar refractivity (Wildman–Crippen MR) is 53.5 cm³/mol. The van der Waals surface area contributed by atoms with Gasteiger partial charge in [0.25, 0.3) is 0 Å². The van der Waals surface area contributed by atoms with Crippen molar-refractivity contribution in [3.63, 3.8) is 0 Å². The highest BCUT2D eigenvalue weighted by molar-refractivity contribution is 5.72. The molecule has 0 atom stereocenters. The van der Waals surface area contributed by atoms with Crippen LogP contribution in [0.1, 0.15) is 13.8 Å². The molecule has 7 nitrogen and oxygen atoms in total. The van der Waals surface area contributed by atoms with E-state index in [4.69, 9.17) is 5.11 Å². The molecular weight excluding hydrogens is 198 g/mol. The average molecular weight is 213 g/mol. The van der Waals surface area contributed by atoms with Crippen molar-refractivity contribution < 1.29 is 9.90 Å². The SMILES string of the molecule is CC(C)CN(CC(=O)O)c1nnnn1C. The number of rotatable bonds is 5. The largest absolute Gasteiger partial charge is 0.480 e. The Bertz CT molecular complexity index is 336. The average Bonchev–Trinajstić information content (AvgIpc) is 2.48. The van der Waals surface area contributed by atoms with Crippen LogP contribution in [-0.4, -0.2) is 44.4 Å². The first-order valence-electron chi connectivity index (χ1n) is 4.69. The fraction of sp³-hybridized carbons (Fsp3) is 0.750. The third-order valence-corrected chi connectivity index (χ3v) is 1.79. The van der Waals surface area contributed by atoms with E-state index in [0.29, 0.717) is 18.4 Å². The molecule has 0 saturated carbocycles. The molecule has 0 aliphatic rings. The Morgan fingerprint density at radius 1 is 1.60 bits per heavy atom. The standard InChI is InChI=1S/C8H15N5O2/c1-6(2)4-13(5-7(14)15)8-9-10-11-12(8)3/h6H,4-5H2,1-3H3,(H,14,15). The van der Waals surface area contributed by atoms with Gasteiger partial charge in [0.15, 0.2) is 0 Å². The summed E-state index contributed by atoms with van der Waals surface area (Å²) in [4.78, 5) is 12.3. The normalized spacial score (nSPS) is 10.7. The quantitative estimate of drug-likeness (QED) is 0.726. The van der Waals surface area contributed by atoms with E-state index in [9.17, 15) is 4.79 Å². The van der Waals surface area contributed by atoms with Crippen LogP contribution < -0.4 is 4.90 Å². The third kappa shape index (κ3) is 3.19. The van der Waals surface area contributed by atoms with Gasteiger partial charge in [0.05, 0.1) is 0 Å². The number of carboxylic acids is 1. The van der Waals surface area contributed by atoms with E-state index in [1.165, 1.54) is 4.68 Å². The third-order valence-electron chi connectivity index (χ3n) is 1.79. The minimum Gasteiger partial charge on any atom is -0.480 e. The Hall–Kier alpha value is -1.66. The van der Waals surface area contributed by atoms with Gasteiger partial charge < -0.3 is 10.0 Å². The lowest BCUT2D eigenvalue weighted by Crippen LogP contribution is -2.34. The summed E-state index contributed by atoms with van der Waals surface area (Å²) in [5.41, 5.74) is 0. The number of anilines is 1. The van der Waals surface area contributed by atoms with Crippen molar-refractivity contribution in [3.05, 3.63) is 0 Å². The zero-order valence-electron chi connectivity index (χ0n) is 9.08. The molecule has 1 N–H and O–H groups in total. The number of tetrazole rings is 1. The van der Waals surface area contributed by atoms with Gasteiger partial charge in [-0.25, -0.2) is 4.68 Å². The molecule has 1 aromatic rings. The molecule has 84 valence electrons. The lowest BCUT2D eigenvalue weighted by atomic mass is 10.2. The summed E-state index contributed by atoms with van der Waals surface area (Å²) < 4.78 is 1.46. The van der Waals surface area contributed by atoms with Gasteiger partial charge >= 0.3 is 5.97 Å². The van der Waals surface area contributed by atoms with Crippen LogP contribution in [0.25, 0.3) is 0 Å². The molecule has 15 heavy (non-hydrogen) atoms. The molecule has 0 aromatic carbocycles. The predicted octanol–water partition coefficient (Wildman–Crippen LogP) is -0.243. The second-order valence-electron chi connectivity index (χ2n) is 3.77. The van der Waals surface area contributed by atoms with Crippen molar-refractivity contribution in [2.45, 2.75) is 13.8 Å². The highest BCUT2D eigenvalue weighted by Gasteiger charge is 2.17. The van der Waals surface area contributed by atoms with E-state index >= 15 is 0 Å². The Labute approximate surface area is 87.7 Å². The Balaban J connectivity index is 2.81. The van der Waals surface area contributed by atoms with E-state index < -0.39 is 5.97 Å². The minimum absolute atomic E-state index is 0.0909. The second-order valence-corrected chi connectivity index (χ2v) is 3.77. The van der Waals surface area contributed by atoms with Gasteiger partial charge in [0, 0.05) is 13.6 Å². The maximum absolute atomic E-state index is 10.7. The molecule has 0 unspecified atom stereocenters. The lowest BCUT2D eigenvalue weighted by molar-refractivity contribution is -0.135. The first-order valence-corrected chi connectivity index (χ1v) is 4.69. The summed E-state index contributed by atoms with van der Waals surface area (Å²) in [5.74, 6) is -0.0641. The fourth-order valence-corrected chi connectivity index (χ4v) is 1.31. The van der Waals surface area contributed by atoms with Crippen LogP contribution in [0.3, 0.4) is 0 Å². The first-order chi connectivity index (χ1) is 7.00. The maximum atomic E-state index is 10.7. The minimum atomic E-state index is -0.890. The fourth-order valence-electron chi connectivity index (χ4n) is 1.31. The van der Waals surface area contributed by atoms with Crippen molar-refractivity contribution in [2.24, 2.45) is 13.0 Å². The van der Waals surface area contributed by atoms with Gasteiger partial charge in [0.1, 0.15) is 6.54 Å². The number of nitrogens with zero attached hydrogens (tertiary/aromatic N) is 5. The summed E-state index contributed by atoms with van der Waals surface area (Å²) >= 11 is 0. The summed E-state index contributed by atoms with van der Waals surface area (Å²) in [6, 6.07) is 0. The van der Waals surface area contributed by atoms with Crippen molar-refractivity contribution in [1.82, 2.24) is 20.2 Å². The number of aliphatic carboxylic acids is 1. The van der Waals surface area contributed by atoms with Crippen LogP contribution in [0.15, 0.2) is 0 Å². The van der Waals surface area contributed by atoms with Gasteiger partial charge in [0.2, 0.25) is 5.95 Å². The number of carboxylic acid groups (broad SMARTS) is 1. The number of hydrogen-bond donors (Lipinski definition) is 1. The molecule has 0 amide bonds. The number of aromatic nitrogens is 4. The van der Waals surface area contributed by atoms with Crippen molar-refractivity contribution >= 4 is 11.9 Å². The van der Waals surface area contributed by atoms with E-state index in [1.54, 1.807) is 11.9 Å². The number of hydrogen-bond acceptors (Lipinski definition) is 5. The zero-order chi connectivity index (χ0) is 11.4. The highest BCUT2D eigenvalue weighted by atomic mass is 16.4. The highest BCUT2D eigenvalue weighted by Crippen LogP contribution is 2.09.